The molecule has 0 saturated heterocycles. The standard InChI is InChI=1S/C31H29N5O2S/c1-22-10-8-9-15-27(22)36-29-26(19-32-36)30(38)35-25(21-39-31(35)33-29)18-28(37)34(20-24-13-6-3-7-14-24)17-16-23-11-4-2-5-12-23/h2-15,19,25H,16-18,20-21H2,1H3. The van der Waals surface area contributed by atoms with E-state index in [4.69, 9.17) is 4.98 Å². The lowest BCUT2D eigenvalue weighted by atomic mass is 10.1. The molecule has 1 amide bonds. The van der Waals surface area contributed by atoms with Crippen LogP contribution in [-0.4, -0.2) is 42.4 Å². The molecule has 3 heterocycles. The molecule has 1 aliphatic rings. The zero-order valence-electron chi connectivity index (χ0n) is 21.7. The largest absolute Gasteiger partial charge is 0.338 e. The van der Waals surface area contributed by atoms with Gasteiger partial charge in [-0.2, -0.15) is 5.10 Å². The first-order valence-electron chi connectivity index (χ1n) is 13.1. The molecule has 6 rings (SSSR count). The van der Waals surface area contributed by atoms with Gasteiger partial charge in [0, 0.05) is 25.3 Å². The average molecular weight is 536 g/mol. The molecule has 196 valence electrons. The van der Waals surface area contributed by atoms with Crippen LogP contribution in [-0.2, 0) is 17.8 Å². The van der Waals surface area contributed by atoms with E-state index < -0.39 is 0 Å². The zero-order valence-corrected chi connectivity index (χ0v) is 22.6. The minimum Gasteiger partial charge on any atom is -0.338 e. The molecule has 8 heteroatoms. The Morgan fingerprint density at radius 1 is 0.974 bits per heavy atom. The third kappa shape index (κ3) is 5.12. The molecule has 0 fully saturated rings. The molecule has 7 nitrogen and oxygen atoms in total. The third-order valence-corrected chi connectivity index (χ3v) is 8.30. The van der Waals surface area contributed by atoms with Crippen molar-refractivity contribution in [2.45, 2.75) is 37.5 Å². The fourth-order valence-corrected chi connectivity index (χ4v) is 6.22. The van der Waals surface area contributed by atoms with Crippen LogP contribution in [0.15, 0.2) is 101 Å². The van der Waals surface area contributed by atoms with Gasteiger partial charge in [-0.1, -0.05) is 90.6 Å². The SMILES string of the molecule is Cc1ccccc1-n1ncc2c(=O)n3c(nc21)SCC3CC(=O)N(CCc1ccccc1)Cc1ccccc1. The van der Waals surface area contributed by atoms with E-state index in [1.807, 2.05) is 84.6 Å². The molecule has 0 aliphatic carbocycles. The van der Waals surface area contributed by atoms with Gasteiger partial charge < -0.3 is 4.90 Å². The summed E-state index contributed by atoms with van der Waals surface area (Å²) in [6, 6.07) is 27.9. The predicted octanol–water partition coefficient (Wildman–Crippen LogP) is 5.20. The van der Waals surface area contributed by atoms with Crippen LogP contribution in [0.2, 0.25) is 0 Å². The van der Waals surface area contributed by atoms with Crippen molar-refractivity contribution < 1.29 is 4.79 Å². The maximum Gasteiger partial charge on any atom is 0.265 e. The van der Waals surface area contributed by atoms with Crippen molar-refractivity contribution >= 4 is 28.7 Å². The Morgan fingerprint density at radius 2 is 1.67 bits per heavy atom. The van der Waals surface area contributed by atoms with Crippen molar-refractivity contribution in [2.75, 3.05) is 12.3 Å². The van der Waals surface area contributed by atoms with Crippen molar-refractivity contribution in [1.29, 1.82) is 0 Å². The second-order valence-electron chi connectivity index (χ2n) is 9.86. The Bertz CT molecular complexity index is 1680. The number of benzene rings is 3. The van der Waals surface area contributed by atoms with Crippen LogP contribution in [0.25, 0.3) is 16.7 Å². The summed E-state index contributed by atoms with van der Waals surface area (Å²) in [6.45, 7) is 3.16. The molecule has 0 N–H and O–H groups in total. The van der Waals surface area contributed by atoms with Gasteiger partial charge in [-0.3, -0.25) is 14.2 Å². The van der Waals surface area contributed by atoms with Crippen molar-refractivity contribution in [3.05, 3.63) is 118 Å². The molecule has 39 heavy (non-hydrogen) atoms. The van der Waals surface area contributed by atoms with E-state index >= 15 is 0 Å². The van der Waals surface area contributed by atoms with Gasteiger partial charge in [-0.15, -0.1) is 0 Å². The van der Waals surface area contributed by atoms with Gasteiger partial charge in [0.05, 0.1) is 17.9 Å². The van der Waals surface area contributed by atoms with Gasteiger partial charge in [0.2, 0.25) is 5.91 Å². The lowest BCUT2D eigenvalue weighted by molar-refractivity contribution is -0.132. The first-order chi connectivity index (χ1) is 19.1. The van der Waals surface area contributed by atoms with E-state index in [2.05, 4.69) is 17.2 Å². The highest BCUT2D eigenvalue weighted by Crippen LogP contribution is 2.34. The summed E-state index contributed by atoms with van der Waals surface area (Å²) in [4.78, 5) is 34.1. The number of fused-ring (bicyclic) bond motifs is 2. The molecular weight excluding hydrogens is 506 g/mol. The highest BCUT2D eigenvalue weighted by molar-refractivity contribution is 7.99. The number of para-hydroxylation sites is 1. The van der Waals surface area contributed by atoms with Crippen molar-refractivity contribution in [3.63, 3.8) is 0 Å². The Hall–Kier alpha value is -4.17. The summed E-state index contributed by atoms with van der Waals surface area (Å²) >= 11 is 1.52. The van der Waals surface area contributed by atoms with Crippen molar-refractivity contribution in [1.82, 2.24) is 24.2 Å². The number of aromatic nitrogens is 4. The number of aryl methyl sites for hydroxylation is 1. The fourth-order valence-electron chi connectivity index (χ4n) is 5.09. The van der Waals surface area contributed by atoms with Gasteiger partial charge in [-0.05, 0) is 36.1 Å². The zero-order chi connectivity index (χ0) is 26.8. The van der Waals surface area contributed by atoms with E-state index in [-0.39, 0.29) is 23.9 Å². The number of carbonyl (C=O) groups is 1. The van der Waals surface area contributed by atoms with Gasteiger partial charge in [0.15, 0.2) is 10.8 Å². The second kappa shape index (κ2) is 10.9. The lowest BCUT2D eigenvalue weighted by Crippen LogP contribution is -2.35. The number of hydrogen-bond acceptors (Lipinski definition) is 5. The quantitative estimate of drug-likeness (QED) is 0.256. The Morgan fingerprint density at radius 3 is 2.41 bits per heavy atom. The van der Waals surface area contributed by atoms with Crippen molar-refractivity contribution in [3.8, 4) is 5.69 Å². The van der Waals surface area contributed by atoms with E-state index in [9.17, 15) is 9.59 Å². The van der Waals surface area contributed by atoms with E-state index in [0.29, 0.717) is 35.0 Å². The molecule has 0 saturated carbocycles. The minimum absolute atomic E-state index is 0.0378. The normalized spacial score (nSPS) is 14.4. The number of thioether (sulfide) groups is 1. The molecular formula is C31H29N5O2S. The molecule has 3 aromatic carbocycles. The van der Waals surface area contributed by atoms with Crippen LogP contribution in [0.5, 0.6) is 0 Å². The molecule has 1 aliphatic heterocycles. The summed E-state index contributed by atoms with van der Waals surface area (Å²) in [5.41, 5.74) is 4.64. The first-order valence-corrected chi connectivity index (χ1v) is 14.1. The van der Waals surface area contributed by atoms with Crippen LogP contribution >= 0.6 is 11.8 Å². The van der Waals surface area contributed by atoms with Gasteiger partial charge in [0.25, 0.3) is 5.56 Å². The number of rotatable bonds is 8. The van der Waals surface area contributed by atoms with Crippen LogP contribution in [0.3, 0.4) is 0 Å². The summed E-state index contributed by atoms with van der Waals surface area (Å²) < 4.78 is 3.43. The number of hydrogen-bond donors (Lipinski definition) is 0. The summed E-state index contributed by atoms with van der Waals surface area (Å²) in [6.07, 6.45) is 2.62. The van der Waals surface area contributed by atoms with Crippen molar-refractivity contribution in [2.24, 2.45) is 0 Å². The average Bonchev–Trinajstić information content (AvgIpc) is 3.57. The highest BCUT2D eigenvalue weighted by atomic mass is 32.2. The predicted molar refractivity (Wildman–Crippen MR) is 154 cm³/mol. The molecule has 0 spiro atoms. The molecule has 1 unspecified atom stereocenters. The Kier molecular flexibility index (Phi) is 7.02. The smallest absolute Gasteiger partial charge is 0.265 e. The molecule has 5 aromatic rings. The monoisotopic (exact) mass is 535 g/mol. The van der Waals surface area contributed by atoms with E-state index in [1.165, 1.54) is 17.3 Å². The number of amides is 1. The van der Waals surface area contributed by atoms with Crippen LogP contribution in [0.1, 0.15) is 29.2 Å². The Labute approximate surface area is 231 Å². The Balaban J connectivity index is 1.27. The summed E-state index contributed by atoms with van der Waals surface area (Å²) in [7, 11) is 0. The third-order valence-electron chi connectivity index (χ3n) is 7.21. The van der Waals surface area contributed by atoms with Crippen LogP contribution in [0, 0.1) is 6.92 Å². The van der Waals surface area contributed by atoms with Gasteiger partial charge in [0.1, 0.15) is 5.39 Å². The van der Waals surface area contributed by atoms with Gasteiger partial charge in [-0.25, -0.2) is 9.67 Å². The summed E-state index contributed by atoms with van der Waals surface area (Å²) in [5.74, 6) is 0.673. The summed E-state index contributed by atoms with van der Waals surface area (Å²) in [5, 5.41) is 5.60. The molecule has 0 bridgehead atoms. The fraction of sp³-hybridized carbons (Fsp3) is 0.226. The number of carbonyl (C=O) groups excluding carboxylic acids is 1. The topological polar surface area (TPSA) is 73.0 Å². The molecule has 2 aromatic heterocycles. The van der Waals surface area contributed by atoms with Gasteiger partial charge >= 0.3 is 0 Å². The number of nitrogens with zero attached hydrogens (tertiary/aromatic N) is 5. The molecule has 1 atom stereocenters. The maximum absolute atomic E-state index is 13.7. The first kappa shape index (κ1) is 25.1. The van der Waals surface area contributed by atoms with Crippen LogP contribution < -0.4 is 5.56 Å². The lowest BCUT2D eigenvalue weighted by Gasteiger charge is -2.25. The second-order valence-corrected chi connectivity index (χ2v) is 10.8. The van der Waals surface area contributed by atoms with E-state index in [0.717, 1.165) is 23.2 Å². The van der Waals surface area contributed by atoms with Crippen LogP contribution in [0.4, 0.5) is 0 Å². The van der Waals surface area contributed by atoms with E-state index in [1.54, 1.807) is 15.4 Å². The molecule has 0 radical (unpaired) electrons. The minimum atomic E-state index is -0.251. The maximum atomic E-state index is 13.7. The highest BCUT2D eigenvalue weighted by Gasteiger charge is 2.31.